The molecule has 0 aliphatic carbocycles. The summed E-state index contributed by atoms with van der Waals surface area (Å²) in [7, 11) is 3.16. The molecule has 0 saturated carbocycles. The number of aryl methyl sites for hydroxylation is 1. The number of hydrogen-bond acceptors (Lipinski definition) is 4. The summed E-state index contributed by atoms with van der Waals surface area (Å²) in [6, 6.07) is 0.279. The average Bonchev–Trinajstić information content (AvgIpc) is 2.46. The highest BCUT2D eigenvalue weighted by atomic mass is 16.5. The molecular formula is C9H15N3O2. The van der Waals surface area contributed by atoms with Crippen LogP contribution in [0.3, 0.4) is 0 Å². The minimum absolute atomic E-state index is 0.279. The summed E-state index contributed by atoms with van der Waals surface area (Å²) >= 11 is 0. The van der Waals surface area contributed by atoms with Crippen molar-refractivity contribution in [2.75, 3.05) is 12.4 Å². The largest absolute Gasteiger partial charge is 0.464 e. The predicted octanol–water partition coefficient (Wildman–Crippen LogP) is 1.03. The second-order valence-corrected chi connectivity index (χ2v) is 3.35. The lowest BCUT2D eigenvalue weighted by Gasteiger charge is -2.07. The first-order chi connectivity index (χ1) is 6.54. The quantitative estimate of drug-likeness (QED) is 0.735. The van der Waals surface area contributed by atoms with Crippen LogP contribution in [-0.2, 0) is 11.8 Å². The number of carbonyl (C=O) groups excluding carboxylic acids is 1. The third-order valence-electron chi connectivity index (χ3n) is 1.69. The molecule has 0 unspecified atom stereocenters. The highest BCUT2D eigenvalue weighted by Crippen LogP contribution is 2.08. The summed E-state index contributed by atoms with van der Waals surface area (Å²) in [5, 5.41) is 3.12. The molecule has 78 valence electrons. The Hall–Kier alpha value is -1.52. The number of ether oxygens (including phenoxy) is 1. The van der Waals surface area contributed by atoms with Crippen molar-refractivity contribution in [1.82, 2.24) is 9.55 Å². The summed E-state index contributed by atoms with van der Waals surface area (Å²) in [5.41, 5.74) is 0.318. The van der Waals surface area contributed by atoms with E-state index in [-0.39, 0.29) is 6.04 Å². The lowest BCUT2D eigenvalue weighted by molar-refractivity contribution is 0.0594. The van der Waals surface area contributed by atoms with Crippen molar-refractivity contribution in [2.24, 2.45) is 7.05 Å². The van der Waals surface area contributed by atoms with Gasteiger partial charge in [0.15, 0.2) is 5.69 Å². The maximum Gasteiger partial charge on any atom is 0.358 e. The Morgan fingerprint density at radius 1 is 1.64 bits per heavy atom. The van der Waals surface area contributed by atoms with Crippen LogP contribution in [0, 0.1) is 0 Å². The zero-order chi connectivity index (χ0) is 10.7. The van der Waals surface area contributed by atoms with E-state index in [1.807, 2.05) is 20.9 Å². The van der Waals surface area contributed by atoms with E-state index in [4.69, 9.17) is 0 Å². The maximum absolute atomic E-state index is 11.1. The summed E-state index contributed by atoms with van der Waals surface area (Å²) in [6.07, 6.45) is 1.64. The average molecular weight is 197 g/mol. The Kier molecular flexibility index (Phi) is 3.11. The first-order valence-electron chi connectivity index (χ1n) is 4.42. The topological polar surface area (TPSA) is 56.1 Å². The van der Waals surface area contributed by atoms with Gasteiger partial charge in [0.05, 0.1) is 7.11 Å². The fraction of sp³-hybridized carbons (Fsp3) is 0.556. The van der Waals surface area contributed by atoms with E-state index < -0.39 is 5.97 Å². The molecule has 5 nitrogen and oxygen atoms in total. The van der Waals surface area contributed by atoms with Gasteiger partial charge >= 0.3 is 5.97 Å². The molecule has 0 atom stereocenters. The van der Waals surface area contributed by atoms with Gasteiger partial charge in [-0.15, -0.1) is 0 Å². The second kappa shape index (κ2) is 4.13. The van der Waals surface area contributed by atoms with Gasteiger partial charge in [0.25, 0.3) is 0 Å². The van der Waals surface area contributed by atoms with E-state index in [1.165, 1.54) is 7.11 Å². The summed E-state index contributed by atoms with van der Waals surface area (Å²) in [4.78, 5) is 15.2. The third kappa shape index (κ3) is 2.25. The minimum Gasteiger partial charge on any atom is -0.464 e. The lowest BCUT2D eigenvalue weighted by Crippen LogP contribution is -2.13. The molecule has 0 aliphatic heterocycles. The molecule has 1 N–H and O–H groups in total. The van der Waals surface area contributed by atoms with E-state index in [1.54, 1.807) is 10.8 Å². The predicted molar refractivity (Wildman–Crippen MR) is 53.3 cm³/mol. The smallest absolute Gasteiger partial charge is 0.358 e. The Morgan fingerprint density at radius 3 is 2.79 bits per heavy atom. The van der Waals surface area contributed by atoms with E-state index in [2.05, 4.69) is 15.0 Å². The molecule has 0 aromatic carbocycles. The van der Waals surface area contributed by atoms with Gasteiger partial charge in [-0.05, 0) is 13.8 Å². The minimum atomic E-state index is -0.419. The highest BCUT2D eigenvalue weighted by Gasteiger charge is 2.12. The maximum atomic E-state index is 11.1. The number of hydrogen-bond donors (Lipinski definition) is 1. The molecule has 0 amide bonds. The van der Waals surface area contributed by atoms with Crippen LogP contribution in [0.1, 0.15) is 24.3 Å². The Morgan fingerprint density at radius 2 is 2.29 bits per heavy atom. The summed E-state index contributed by atoms with van der Waals surface area (Å²) in [5.74, 6) is 0.248. The van der Waals surface area contributed by atoms with Gasteiger partial charge in [0, 0.05) is 19.3 Å². The molecule has 1 aromatic heterocycles. The van der Waals surface area contributed by atoms with Crippen molar-refractivity contribution < 1.29 is 9.53 Å². The fourth-order valence-corrected chi connectivity index (χ4v) is 1.06. The molecule has 5 heteroatoms. The van der Waals surface area contributed by atoms with Crippen molar-refractivity contribution in [1.29, 1.82) is 0 Å². The summed E-state index contributed by atoms with van der Waals surface area (Å²) in [6.45, 7) is 4.01. The van der Waals surface area contributed by atoms with Gasteiger partial charge in [0.1, 0.15) is 0 Å². The van der Waals surface area contributed by atoms with E-state index >= 15 is 0 Å². The number of rotatable bonds is 3. The molecule has 0 aliphatic rings. The molecule has 0 radical (unpaired) electrons. The van der Waals surface area contributed by atoms with Crippen LogP contribution < -0.4 is 5.32 Å². The molecule has 0 fully saturated rings. The SMILES string of the molecule is COC(=O)c1cn(C)c(NC(C)C)n1. The van der Waals surface area contributed by atoms with Gasteiger partial charge in [-0.3, -0.25) is 0 Å². The van der Waals surface area contributed by atoms with Crippen LogP contribution >= 0.6 is 0 Å². The standard InChI is InChI=1S/C9H15N3O2/c1-6(2)10-9-11-7(5-12(9)3)8(13)14-4/h5-6H,1-4H3,(H,10,11). The normalized spacial score (nSPS) is 10.4. The third-order valence-corrected chi connectivity index (χ3v) is 1.69. The molecule has 0 bridgehead atoms. The first-order valence-corrected chi connectivity index (χ1v) is 4.42. The van der Waals surface area contributed by atoms with Crippen molar-refractivity contribution in [3.05, 3.63) is 11.9 Å². The fourth-order valence-electron chi connectivity index (χ4n) is 1.06. The van der Waals surface area contributed by atoms with Gasteiger partial charge in [-0.1, -0.05) is 0 Å². The molecule has 0 spiro atoms. The van der Waals surface area contributed by atoms with E-state index in [0.29, 0.717) is 11.6 Å². The number of nitrogens with one attached hydrogen (secondary N) is 1. The first kappa shape index (κ1) is 10.6. The zero-order valence-corrected chi connectivity index (χ0v) is 8.87. The van der Waals surface area contributed by atoms with E-state index in [9.17, 15) is 4.79 Å². The van der Waals surface area contributed by atoms with Gasteiger partial charge in [-0.25, -0.2) is 9.78 Å². The molecule has 14 heavy (non-hydrogen) atoms. The Bertz CT molecular complexity index is 331. The van der Waals surface area contributed by atoms with Gasteiger partial charge in [-0.2, -0.15) is 0 Å². The number of esters is 1. The van der Waals surface area contributed by atoms with Gasteiger partial charge in [0.2, 0.25) is 5.95 Å². The summed E-state index contributed by atoms with van der Waals surface area (Å²) < 4.78 is 6.32. The van der Waals surface area contributed by atoms with Crippen LogP contribution in [0.15, 0.2) is 6.20 Å². The van der Waals surface area contributed by atoms with E-state index in [0.717, 1.165) is 0 Å². The molecular weight excluding hydrogens is 182 g/mol. The Labute approximate surface area is 83.1 Å². The number of anilines is 1. The van der Waals surface area contributed by atoms with Crippen LogP contribution in [0.25, 0.3) is 0 Å². The van der Waals surface area contributed by atoms with Crippen molar-refractivity contribution in [3.63, 3.8) is 0 Å². The molecule has 1 aromatic rings. The van der Waals surface area contributed by atoms with Crippen LogP contribution in [-0.4, -0.2) is 28.7 Å². The van der Waals surface area contributed by atoms with Crippen molar-refractivity contribution in [2.45, 2.75) is 19.9 Å². The monoisotopic (exact) mass is 197 g/mol. The molecule has 1 heterocycles. The number of nitrogens with zero attached hydrogens (tertiary/aromatic N) is 2. The molecule has 0 saturated heterocycles. The van der Waals surface area contributed by atoms with Crippen molar-refractivity contribution >= 4 is 11.9 Å². The number of methoxy groups -OCH3 is 1. The van der Waals surface area contributed by atoms with Crippen LogP contribution in [0.5, 0.6) is 0 Å². The number of carbonyl (C=O) groups is 1. The Balaban J connectivity index is 2.87. The molecule has 1 rings (SSSR count). The van der Waals surface area contributed by atoms with Crippen LogP contribution in [0.2, 0.25) is 0 Å². The highest BCUT2D eigenvalue weighted by molar-refractivity contribution is 5.87. The zero-order valence-electron chi connectivity index (χ0n) is 8.87. The van der Waals surface area contributed by atoms with Gasteiger partial charge < -0.3 is 14.6 Å². The van der Waals surface area contributed by atoms with Crippen LogP contribution in [0.4, 0.5) is 5.95 Å². The van der Waals surface area contributed by atoms with Crippen molar-refractivity contribution in [3.8, 4) is 0 Å². The second-order valence-electron chi connectivity index (χ2n) is 3.35. The lowest BCUT2D eigenvalue weighted by atomic mass is 10.4. The number of imidazole rings is 1. The number of aromatic nitrogens is 2.